The van der Waals surface area contributed by atoms with Gasteiger partial charge in [0.2, 0.25) is 0 Å². The van der Waals surface area contributed by atoms with E-state index in [-0.39, 0.29) is 18.1 Å². The van der Waals surface area contributed by atoms with E-state index in [0.717, 1.165) is 32.1 Å². The summed E-state index contributed by atoms with van der Waals surface area (Å²) in [6.45, 7) is 6.24. The van der Waals surface area contributed by atoms with Gasteiger partial charge in [0, 0.05) is 24.4 Å². The maximum atomic E-state index is 12.2. The molecular formula is C19H33ClFNO2. The molecule has 0 radical (unpaired) electrons. The van der Waals surface area contributed by atoms with E-state index in [1.807, 2.05) is 6.92 Å². The molecule has 3 N–H and O–H groups in total. The third kappa shape index (κ3) is 8.61. The number of allylic oxidation sites excluding steroid dienone is 2. The predicted octanol–water partition coefficient (Wildman–Crippen LogP) is 4.48. The van der Waals surface area contributed by atoms with Crippen molar-refractivity contribution in [3.63, 3.8) is 0 Å². The fourth-order valence-corrected chi connectivity index (χ4v) is 3.59. The van der Waals surface area contributed by atoms with Crippen LogP contribution in [0.25, 0.3) is 0 Å². The quantitative estimate of drug-likeness (QED) is 0.306. The van der Waals surface area contributed by atoms with E-state index in [2.05, 4.69) is 12.7 Å². The van der Waals surface area contributed by atoms with Gasteiger partial charge in [0.15, 0.2) is 6.29 Å². The van der Waals surface area contributed by atoms with E-state index in [1.165, 1.54) is 11.1 Å². The van der Waals surface area contributed by atoms with Crippen LogP contribution in [0.5, 0.6) is 0 Å². The highest BCUT2D eigenvalue weighted by molar-refractivity contribution is 6.20. The minimum absolute atomic E-state index is 0.00731. The lowest BCUT2D eigenvalue weighted by Gasteiger charge is -2.26. The number of hydrogen-bond donors (Lipinski definition) is 2. The van der Waals surface area contributed by atoms with E-state index in [1.54, 1.807) is 0 Å². The highest BCUT2D eigenvalue weighted by Gasteiger charge is 2.21. The molecule has 0 amide bonds. The lowest BCUT2D eigenvalue weighted by molar-refractivity contribution is -0.101. The molecule has 5 heteroatoms. The van der Waals surface area contributed by atoms with Gasteiger partial charge >= 0.3 is 0 Å². The highest BCUT2D eigenvalue weighted by atomic mass is 35.5. The Morgan fingerprint density at radius 3 is 2.92 bits per heavy atom. The van der Waals surface area contributed by atoms with Gasteiger partial charge in [-0.3, -0.25) is 4.39 Å². The normalized spacial score (nSPS) is 21.9. The molecule has 1 rings (SSSR count). The number of aliphatic hydroxyl groups excluding tert-OH is 1. The van der Waals surface area contributed by atoms with Crippen LogP contribution in [0.1, 0.15) is 58.3 Å². The molecule has 4 atom stereocenters. The molecule has 0 aliphatic heterocycles. The molecule has 24 heavy (non-hydrogen) atoms. The van der Waals surface area contributed by atoms with Crippen LogP contribution in [0, 0.1) is 5.92 Å². The second kappa shape index (κ2) is 12.0. The lowest BCUT2D eigenvalue weighted by Crippen LogP contribution is -2.28. The summed E-state index contributed by atoms with van der Waals surface area (Å²) in [7, 11) is 0. The van der Waals surface area contributed by atoms with Gasteiger partial charge in [0.1, 0.15) is 0 Å². The Labute approximate surface area is 151 Å². The molecular weight excluding hydrogens is 329 g/mol. The Kier molecular flexibility index (Phi) is 10.8. The zero-order chi connectivity index (χ0) is 17.9. The lowest BCUT2D eigenvalue weighted by atomic mass is 9.81. The van der Waals surface area contributed by atoms with Crippen LogP contribution in [0.2, 0.25) is 0 Å². The van der Waals surface area contributed by atoms with Crippen molar-refractivity contribution in [3.8, 4) is 0 Å². The molecule has 0 spiro atoms. The van der Waals surface area contributed by atoms with E-state index in [9.17, 15) is 9.50 Å². The van der Waals surface area contributed by atoms with Gasteiger partial charge < -0.3 is 15.6 Å². The molecule has 0 aromatic heterocycles. The Hall–Kier alpha value is -0.420. The smallest absolute Gasteiger partial charge is 0.155 e. The average molecular weight is 362 g/mol. The second-order valence-corrected chi connectivity index (χ2v) is 7.35. The first-order valence-corrected chi connectivity index (χ1v) is 9.50. The van der Waals surface area contributed by atoms with Crippen LogP contribution < -0.4 is 5.73 Å². The zero-order valence-corrected chi connectivity index (χ0v) is 15.6. The average Bonchev–Trinajstić information content (AvgIpc) is 2.53. The third-order valence-corrected chi connectivity index (χ3v) is 4.98. The van der Waals surface area contributed by atoms with Gasteiger partial charge in [-0.15, -0.1) is 11.6 Å². The maximum absolute atomic E-state index is 12.2. The van der Waals surface area contributed by atoms with Crippen molar-refractivity contribution in [2.75, 3.05) is 13.3 Å². The van der Waals surface area contributed by atoms with Crippen LogP contribution in [0.4, 0.5) is 4.39 Å². The van der Waals surface area contributed by atoms with Gasteiger partial charge in [0.25, 0.3) is 0 Å². The van der Waals surface area contributed by atoms with Gasteiger partial charge in [-0.1, -0.05) is 23.8 Å². The first-order chi connectivity index (χ1) is 11.5. The van der Waals surface area contributed by atoms with Crippen LogP contribution in [-0.4, -0.2) is 36.1 Å². The Morgan fingerprint density at radius 1 is 1.58 bits per heavy atom. The van der Waals surface area contributed by atoms with Crippen molar-refractivity contribution in [2.24, 2.45) is 11.7 Å². The summed E-state index contributed by atoms with van der Waals surface area (Å²) in [6, 6.07) is -0.0783. The standard InChI is InChI=1S/C19H33ClFNO2/c1-3-24-19(23)13-18(22)12-15-6-8-16(9-7-15)14(2)11-17(20)5-4-10-21/h6,16-19,23H,2-5,7-13,22H2,1H3/t16?,17?,18-,19?/m1/s1. The summed E-state index contributed by atoms with van der Waals surface area (Å²) in [5.74, 6) is 0.464. The monoisotopic (exact) mass is 361 g/mol. The number of ether oxygens (including phenoxy) is 1. The van der Waals surface area contributed by atoms with Gasteiger partial charge in [-0.05, 0) is 57.8 Å². The summed E-state index contributed by atoms with van der Waals surface area (Å²) in [5.41, 5.74) is 8.63. The third-order valence-electron chi connectivity index (χ3n) is 4.60. The van der Waals surface area contributed by atoms with Gasteiger partial charge in [-0.25, -0.2) is 0 Å². The van der Waals surface area contributed by atoms with E-state index >= 15 is 0 Å². The Morgan fingerprint density at radius 2 is 2.33 bits per heavy atom. The predicted molar refractivity (Wildman–Crippen MR) is 98.9 cm³/mol. The van der Waals surface area contributed by atoms with Crippen LogP contribution >= 0.6 is 11.6 Å². The fraction of sp³-hybridized carbons (Fsp3) is 0.789. The number of rotatable bonds is 12. The Balaban J connectivity index is 2.33. The fourth-order valence-electron chi connectivity index (χ4n) is 3.24. The second-order valence-electron chi connectivity index (χ2n) is 6.73. The van der Waals surface area contributed by atoms with Crippen molar-refractivity contribution in [3.05, 3.63) is 23.8 Å². The number of alkyl halides is 2. The molecule has 3 unspecified atom stereocenters. The first kappa shape index (κ1) is 21.6. The molecule has 0 heterocycles. The molecule has 0 saturated heterocycles. The Bertz CT molecular complexity index is 403. The maximum Gasteiger partial charge on any atom is 0.155 e. The van der Waals surface area contributed by atoms with Crippen LogP contribution in [0.3, 0.4) is 0 Å². The number of aliphatic hydroxyl groups is 1. The van der Waals surface area contributed by atoms with Crippen LogP contribution in [-0.2, 0) is 4.74 Å². The molecule has 1 aliphatic carbocycles. The molecule has 0 aromatic carbocycles. The molecule has 0 bridgehead atoms. The minimum atomic E-state index is -0.772. The summed E-state index contributed by atoms with van der Waals surface area (Å²) < 4.78 is 17.3. The largest absolute Gasteiger partial charge is 0.368 e. The summed E-state index contributed by atoms with van der Waals surface area (Å²) >= 11 is 6.25. The molecule has 0 fully saturated rings. The molecule has 0 saturated carbocycles. The van der Waals surface area contributed by atoms with Crippen molar-refractivity contribution in [1.29, 1.82) is 0 Å². The molecule has 140 valence electrons. The summed E-state index contributed by atoms with van der Waals surface area (Å²) in [4.78, 5) is 0. The van der Waals surface area contributed by atoms with E-state index in [0.29, 0.717) is 31.8 Å². The highest BCUT2D eigenvalue weighted by Crippen LogP contribution is 2.33. The summed E-state index contributed by atoms with van der Waals surface area (Å²) in [5, 5.41) is 9.63. The topological polar surface area (TPSA) is 55.5 Å². The van der Waals surface area contributed by atoms with Crippen molar-refractivity contribution in [1.82, 2.24) is 0 Å². The van der Waals surface area contributed by atoms with Crippen molar-refractivity contribution < 1.29 is 14.2 Å². The number of nitrogens with two attached hydrogens (primary N) is 1. The minimum Gasteiger partial charge on any atom is -0.368 e. The number of hydrogen-bond acceptors (Lipinski definition) is 3. The molecule has 1 aliphatic rings. The van der Waals surface area contributed by atoms with E-state index in [4.69, 9.17) is 22.1 Å². The number of halogens is 2. The SMILES string of the molecule is C=C(CC(Cl)CCCF)C1CC=C(C[C@@H](N)CC(O)OCC)CC1. The summed E-state index contributed by atoms with van der Waals surface area (Å²) in [6.07, 6.45) is 7.82. The van der Waals surface area contributed by atoms with Crippen molar-refractivity contribution in [2.45, 2.75) is 76.0 Å². The molecule has 3 nitrogen and oxygen atoms in total. The first-order valence-electron chi connectivity index (χ1n) is 9.07. The van der Waals surface area contributed by atoms with Crippen LogP contribution in [0.15, 0.2) is 23.8 Å². The van der Waals surface area contributed by atoms with E-state index < -0.39 is 6.29 Å². The van der Waals surface area contributed by atoms with Crippen molar-refractivity contribution >= 4 is 11.6 Å². The van der Waals surface area contributed by atoms with Gasteiger partial charge in [-0.2, -0.15) is 0 Å². The van der Waals surface area contributed by atoms with Gasteiger partial charge in [0.05, 0.1) is 6.67 Å². The zero-order valence-electron chi connectivity index (χ0n) is 14.9. The molecule has 0 aromatic rings.